The Balaban J connectivity index is 0.00000400. The average molecular weight is 630 g/mol. The van der Waals surface area contributed by atoms with Crippen molar-refractivity contribution in [3.05, 3.63) is 48.4 Å². The van der Waals surface area contributed by atoms with Crippen LogP contribution >= 0.6 is 0 Å². The third kappa shape index (κ3) is 7.89. The van der Waals surface area contributed by atoms with E-state index >= 15 is 0 Å². The molecule has 3 aromatic rings. The summed E-state index contributed by atoms with van der Waals surface area (Å²) in [6, 6.07) is 5.51. The molecule has 0 unspecified atom stereocenters. The van der Waals surface area contributed by atoms with Gasteiger partial charge in [-0.2, -0.15) is 16.8 Å². The number of nitrogens with zero attached hydrogens (tertiary/aromatic N) is 3. The SMILES string of the molecule is C=CS(=O)(=O)c1ccc(OC)c(N=Nc2c(S(=O)(=O)O)cc3cc(S(=O)(=O)O)cc(N=C(C)[O-])c3c2[O-])c1.[Na+].[Na+]. The normalized spacial score (nSPS) is 12.6. The van der Waals surface area contributed by atoms with E-state index in [2.05, 4.69) is 21.8 Å². The number of sulfone groups is 1. The zero-order chi connectivity index (χ0) is 28.6. The van der Waals surface area contributed by atoms with Gasteiger partial charge in [-0.3, -0.25) is 14.1 Å². The van der Waals surface area contributed by atoms with Crippen LogP contribution in [0.3, 0.4) is 0 Å². The quantitative estimate of drug-likeness (QED) is 0.0805. The number of ether oxygens (including phenoxy) is 1. The van der Waals surface area contributed by atoms with Gasteiger partial charge in [0.2, 0.25) is 0 Å². The first-order valence-electron chi connectivity index (χ1n) is 9.96. The topological polar surface area (TPSA) is 235 Å². The van der Waals surface area contributed by atoms with Gasteiger partial charge in [-0.25, -0.2) is 8.42 Å². The van der Waals surface area contributed by atoms with Gasteiger partial charge in [-0.05, 0) is 54.6 Å². The van der Waals surface area contributed by atoms with E-state index in [0.29, 0.717) is 17.5 Å². The number of hydrogen-bond donors (Lipinski definition) is 2. The summed E-state index contributed by atoms with van der Waals surface area (Å²) in [7, 11) is -12.8. The molecule has 3 rings (SSSR count). The number of fused-ring (bicyclic) bond motifs is 1. The van der Waals surface area contributed by atoms with E-state index < -0.39 is 73.7 Å². The number of aliphatic imine (C=N–C) groups is 1. The molecule has 19 heteroatoms. The molecule has 14 nitrogen and oxygen atoms in total. The first kappa shape index (κ1) is 36.1. The van der Waals surface area contributed by atoms with Gasteiger partial charge >= 0.3 is 59.1 Å². The zero-order valence-electron chi connectivity index (χ0n) is 21.4. The van der Waals surface area contributed by atoms with Crippen LogP contribution in [0.15, 0.2) is 78.3 Å². The van der Waals surface area contributed by atoms with Crippen LogP contribution in [0.2, 0.25) is 0 Å². The monoisotopic (exact) mass is 629 g/mol. The van der Waals surface area contributed by atoms with Gasteiger partial charge in [0.1, 0.15) is 16.3 Å². The molecule has 0 heterocycles. The smallest absolute Gasteiger partial charge is 0.870 e. The van der Waals surface area contributed by atoms with Crippen LogP contribution < -0.4 is 74.1 Å². The van der Waals surface area contributed by atoms with Crippen molar-refractivity contribution in [2.24, 2.45) is 15.2 Å². The predicted molar refractivity (Wildman–Crippen MR) is 130 cm³/mol. The van der Waals surface area contributed by atoms with Crippen molar-refractivity contribution < 1.29 is 108 Å². The standard InChI is InChI=1S/C21H19N3O11S3.2Na/c1-4-36(27,28)13-5-6-17(35-3)15(9-13)23-24-20-18(38(32,33)34)8-12-7-14(37(29,30)31)10-16(22-11(2)25)19(12)21(20)26;;/h4-10,26H,1H2,2-3H3,(H,22,25)(H,29,30,31)(H,32,33,34);;/q;2*+1/p-2. The van der Waals surface area contributed by atoms with Crippen LogP contribution in [0.5, 0.6) is 11.5 Å². The van der Waals surface area contributed by atoms with Gasteiger partial charge in [-0.15, -0.1) is 10.2 Å². The molecule has 0 fully saturated rings. The number of rotatable bonds is 8. The van der Waals surface area contributed by atoms with Crippen molar-refractivity contribution >= 4 is 63.8 Å². The molecule has 0 aliphatic heterocycles. The van der Waals surface area contributed by atoms with E-state index in [-0.39, 0.29) is 75.4 Å². The Bertz CT molecular complexity index is 1870. The summed E-state index contributed by atoms with van der Waals surface area (Å²) < 4.78 is 96.1. The summed E-state index contributed by atoms with van der Waals surface area (Å²) in [5, 5.41) is 32.1. The first-order chi connectivity index (χ1) is 17.5. The van der Waals surface area contributed by atoms with Crippen LogP contribution in [-0.4, -0.2) is 47.4 Å². The van der Waals surface area contributed by atoms with Crippen molar-refractivity contribution in [1.82, 2.24) is 0 Å². The summed E-state index contributed by atoms with van der Waals surface area (Å²) in [5.74, 6) is -2.14. The molecule has 0 saturated heterocycles. The second-order valence-corrected chi connectivity index (χ2v) is 12.1. The molecular formula is C21H17N3Na2O11S3. The van der Waals surface area contributed by atoms with Crippen molar-refractivity contribution in [3.63, 3.8) is 0 Å². The number of azo groups is 1. The van der Waals surface area contributed by atoms with Gasteiger partial charge in [0, 0.05) is 10.8 Å². The summed E-state index contributed by atoms with van der Waals surface area (Å²) in [6.45, 7) is 4.19. The molecule has 40 heavy (non-hydrogen) atoms. The van der Waals surface area contributed by atoms with Gasteiger partial charge in [-0.1, -0.05) is 12.3 Å². The molecular weight excluding hydrogens is 612 g/mol. The molecule has 3 aromatic carbocycles. The molecule has 0 amide bonds. The largest absolute Gasteiger partial charge is 1.00 e. The van der Waals surface area contributed by atoms with Crippen LogP contribution in [0.4, 0.5) is 17.1 Å². The van der Waals surface area contributed by atoms with Crippen LogP contribution in [0.1, 0.15) is 6.92 Å². The molecule has 0 aromatic heterocycles. The van der Waals surface area contributed by atoms with Crippen molar-refractivity contribution in [2.75, 3.05) is 7.11 Å². The minimum atomic E-state index is -5.19. The molecule has 0 aliphatic carbocycles. The van der Waals surface area contributed by atoms with E-state index in [0.717, 1.165) is 19.1 Å². The first-order valence-corrected chi connectivity index (χ1v) is 14.4. The predicted octanol–water partition coefficient (Wildman–Crippen LogP) is -3.83. The van der Waals surface area contributed by atoms with Gasteiger partial charge < -0.3 is 14.9 Å². The molecule has 0 radical (unpaired) electrons. The van der Waals surface area contributed by atoms with E-state index in [4.69, 9.17) is 4.74 Å². The molecule has 0 spiro atoms. The maximum absolute atomic E-state index is 13.4. The van der Waals surface area contributed by atoms with E-state index in [1.54, 1.807) is 0 Å². The molecule has 2 N–H and O–H groups in total. The zero-order valence-corrected chi connectivity index (χ0v) is 27.8. The van der Waals surface area contributed by atoms with Crippen molar-refractivity contribution in [3.8, 4) is 11.5 Å². The second-order valence-electron chi connectivity index (χ2n) is 7.42. The Kier molecular flexibility index (Phi) is 12.1. The molecule has 202 valence electrons. The number of hydrogen-bond acceptors (Lipinski definition) is 12. The third-order valence-electron chi connectivity index (χ3n) is 4.89. The molecule has 0 saturated carbocycles. The summed E-state index contributed by atoms with van der Waals surface area (Å²) in [5.41, 5.74) is -1.77. The minimum Gasteiger partial charge on any atom is -0.870 e. The van der Waals surface area contributed by atoms with Gasteiger partial charge in [0.05, 0.1) is 28.3 Å². The van der Waals surface area contributed by atoms with E-state index in [1.807, 2.05) is 0 Å². The van der Waals surface area contributed by atoms with Gasteiger partial charge in [0.25, 0.3) is 20.2 Å². The van der Waals surface area contributed by atoms with Crippen molar-refractivity contribution in [2.45, 2.75) is 21.6 Å². The average Bonchev–Trinajstić information content (AvgIpc) is 2.81. The van der Waals surface area contributed by atoms with Crippen molar-refractivity contribution in [1.29, 1.82) is 0 Å². The molecule has 0 aliphatic rings. The molecule has 0 atom stereocenters. The third-order valence-corrected chi connectivity index (χ3v) is 7.94. The van der Waals surface area contributed by atoms with Crippen LogP contribution in [-0.2, 0) is 30.1 Å². The summed E-state index contributed by atoms with van der Waals surface area (Å²) in [6.07, 6.45) is 0. The van der Waals surface area contributed by atoms with Crippen LogP contribution in [0, 0.1) is 0 Å². The summed E-state index contributed by atoms with van der Waals surface area (Å²) >= 11 is 0. The van der Waals surface area contributed by atoms with Crippen LogP contribution in [0.25, 0.3) is 10.8 Å². The van der Waals surface area contributed by atoms with Gasteiger partial charge in [0.15, 0.2) is 9.84 Å². The van der Waals surface area contributed by atoms with E-state index in [9.17, 15) is 44.6 Å². The minimum absolute atomic E-state index is 0. The second kappa shape index (κ2) is 13.4. The fraction of sp³-hybridized carbons (Fsp3) is 0.0952. The Morgan fingerprint density at radius 1 is 0.925 bits per heavy atom. The molecule has 0 bridgehead atoms. The summed E-state index contributed by atoms with van der Waals surface area (Å²) in [4.78, 5) is 1.36. The Hall–Kier alpha value is -1.90. The fourth-order valence-electron chi connectivity index (χ4n) is 3.25. The maximum Gasteiger partial charge on any atom is 1.00 e. The number of benzene rings is 3. The Morgan fingerprint density at radius 3 is 2.02 bits per heavy atom. The number of methoxy groups -OCH3 is 1. The van der Waals surface area contributed by atoms with E-state index in [1.165, 1.54) is 19.2 Å². The maximum atomic E-state index is 13.4. The Labute approximate surface area is 273 Å². The Morgan fingerprint density at radius 2 is 1.52 bits per heavy atom. The fourth-order valence-corrected chi connectivity index (χ4v) is 5.16.